The van der Waals surface area contributed by atoms with Crippen LogP contribution in [-0.2, 0) is 18.5 Å². The molecule has 2 rings (SSSR count). The molecule has 0 aliphatic rings. The molecule has 0 spiro atoms. The van der Waals surface area contributed by atoms with Gasteiger partial charge in [-0.05, 0) is 28.9 Å². The van der Waals surface area contributed by atoms with Crippen LogP contribution in [0.3, 0.4) is 0 Å². The lowest BCUT2D eigenvalue weighted by molar-refractivity contribution is 0.383. The van der Waals surface area contributed by atoms with Crippen molar-refractivity contribution in [2.24, 2.45) is 4.99 Å². The molecule has 0 atom stereocenters. The molecule has 0 saturated carbocycles. The Morgan fingerprint density at radius 2 is 2.12 bits per heavy atom. The molecule has 24 heavy (non-hydrogen) atoms. The third-order valence-electron chi connectivity index (χ3n) is 3.06. The standard InChI is InChI=1S/C16H23BrN4OS.HI/c1-5-18-15(20-7-12-6-11(17)10-23-12)21-9-14-19-8-13(22-14)16(2,3)4;/h6,8,10H,5,7,9H2,1-4H3,(H2,18,20,21);1H. The summed E-state index contributed by atoms with van der Waals surface area (Å²) in [6.07, 6.45) is 1.79. The summed E-state index contributed by atoms with van der Waals surface area (Å²) in [4.78, 5) is 10.1. The molecule has 2 N–H and O–H groups in total. The molecule has 0 unspecified atom stereocenters. The molecule has 0 fully saturated rings. The van der Waals surface area contributed by atoms with Crippen LogP contribution in [0.5, 0.6) is 0 Å². The Morgan fingerprint density at radius 1 is 1.38 bits per heavy atom. The van der Waals surface area contributed by atoms with Crippen LogP contribution >= 0.6 is 51.2 Å². The van der Waals surface area contributed by atoms with Crippen molar-refractivity contribution in [3.05, 3.63) is 38.6 Å². The second-order valence-corrected chi connectivity index (χ2v) is 8.06. The van der Waals surface area contributed by atoms with E-state index in [0.29, 0.717) is 12.4 Å². The quantitative estimate of drug-likeness (QED) is 0.337. The third kappa shape index (κ3) is 6.72. The number of thiophene rings is 1. The van der Waals surface area contributed by atoms with E-state index >= 15 is 0 Å². The van der Waals surface area contributed by atoms with E-state index in [1.165, 1.54) is 4.88 Å². The molecular weight excluding hydrogens is 503 g/mol. The minimum absolute atomic E-state index is 0. The molecule has 2 aromatic rings. The molecule has 0 radical (unpaired) electrons. The van der Waals surface area contributed by atoms with E-state index in [-0.39, 0.29) is 29.4 Å². The topological polar surface area (TPSA) is 62.5 Å². The van der Waals surface area contributed by atoms with Crippen molar-refractivity contribution in [2.45, 2.75) is 46.2 Å². The number of rotatable bonds is 5. The monoisotopic (exact) mass is 526 g/mol. The van der Waals surface area contributed by atoms with Crippen LogP contribution in [0.25, 0.3) is 0 Å². The highest BCUT2D eigenvalue weighted by Crippen LogP contribution is 2.23. The molecule has 2 aromatic heterocycles. The Morgan fingerprint density at radius 3 is 2.67 bits per heavy atom. The fourth-order valence-electron chi connectivity index (χ4n) is 1.84. The number of aliphatic imine (C=N–C) groups is 1. The van der Waals surface area contributed by atoms with Gasteiger partial charge in [-0.15, -0.1) is 35.3 Å². The molecule has 8 heteroatoms. The van der Waals surface area contributed by atoms with Gasteiger partial charge in [0.25, 0.3) is 0 Å². The Bertz CT molecular complexity index is 663. The highest BCUT2D eigenvalue weighted by molar-refractivity contribution is 14.0. The number of hydrogen-bond donors (Lipinski definition) is 2. The first kappa shape index (κ1) is 21.4. The lowest BCUT2D eigenvalue weighted by Crippen LogP contribution is -2.36. The van der Waals surface area contributed by atoms with Crippen LogP contribution in [0.15, 0.2) is 31.5 Å². The van der Waals surface area contributed by atoms with Gasteiger partial charge in [0.2, 0.25) is 5.89 Å². The van der Waals surface area contributed by atoms with Crippen molar-refractivity contribution < 1.29 is 4.42 Å². The first-order valence-corrected chi connectivity index (χ1v) is 9.26. The highest BCUT2D eigenvalue weighted by Gasteiger charge is 2.18. The van der Waals surface area contributed by atoms with Crippen molar-refractivity contribution >= 4 is 57.2 Å². The van der Waals surface area contributed by atoms with Crippen molar-refractivity contribution in [3.63, 3.8) is 0 Å². The second kappa shape index (κ2) is 9.76. The molecule has 5 nitrogen and oxygen atoms in total. The van der Waals surface area contributed by atoms with Gasteiger partial charge in [-0.2, -0.15) is 0 Å². The smallest absolute Gasteiger partial charge is 0.216 e. The predicted octanol–water partition coefficient (Wildman–Crippen LogP) is 4.67. The largest absolute Gasteiger partial charge is 0.443 e. The van der Waals surface area contributed by atoms with Crippen LogP contribution < -0.4 is 10.6 Å². The SMILES string of the molecule is CCNC(=NCc1ncc(C(C)(C)C)o1)NCc1cc(Br)cs1.I. The zero-order chi connectivity index (χ0) is 16.9. The van der Waals surface area contributed by atoms with E-state index in [0.717, 1.165) is 29.3 Å². The number of guanidine groups is 1. The van der Waals surface area contributed by atoms with Crippen molar-refractivity contribution in [1.82, 2.24) is 15.6 Å². The van der Waals surface area contributed by atoms with Gasteiger partial charge in [-0.3, -0.25) is 0 Å². The van der Waals surface area contributed by atoms with Crippen LogP contribution in [-0.4, -0.2) is 17.5 Å². The number of halogens is 2. The number of nitrogens with one attached hydrogen (secondary N) is 2. The summed E-state index contributed by atoms with van der Waals surface area (Å²) in [6.45, 7) is 10.3. The summed E-state index contributed by atoms with van der Waals surface area (Å²) in [5.74, 6) is 2.27. The normalized spacial score (nSPS) is 12.0. The average Bonchev–Trinajstić information content (AvgIpc) is 3.10. The van der Waals surface area contributed by atoms with Crippen molar-refractivity contribution in [2.75, 3.05) is 6.54 Å². The molecule has 2 heterocycles. The van der Waals surface area contributed by atoms with Gasteiger partial charge in [0.1, 0.15) is 12.3 Å². The van der Waals surface area contributed by atoms with E-state index in [1.807, 2.05) is 6.92 Å². The first-order valence-electron chi connectivity index (χ1n) is 7.58. The lowest BCUT2D eigenvalue weighted by Gasteiger charge is -2.13. The minimum Gasteiger partial charge on any atom is -0.443 e. The number of oxazole rings is 1. The third-order valence-corrected chi connectivity index (χ3v) is 4.76. The van der Waals surface area contributed by atoms with Crippen LogP contribution in [0.2, 0.25) is 0 Å². The van der Waals surface area contributed by atoms with E-state index in [1.54, 1.807) is 17.5 Å². The molecular formula is C16H24BrIN4OS. The van der Waals surface area contributed by atoms with E-state index < -0.39 is 0 Å². The number of nitrogens with zero attached hydrogens (tertiary/aromatic N) is 2. The molecule has 0 aromatic carbocycles. The zero-order valence-corrected chi connectivity index (χ0v) is 19.1. The fourth-order valence-corrected chi connectivity index (χ4v) is 3.23. The number of aromatic nitrogens is 1. The maximum atomic E-state index is 5.76. The summed E-state index contributed by atoms with van der Waals surface area (Å²) in [6, 6.07) is 2.10. The summed E-state index contributed by atoms with van der Waals surface area (Å²) in [5, 5.41) is 8.62. The molecule has 0 saturated heterocycles. The summed E-state index contributed by atoms with van der Waals surface area (Å²) >= 11 is 5.17. The maximum absolute atomic E-state index is 5.76. The van der Waals surface area contributed by atoms with Gasteiger partial charge >= 0.3 is 0 Å². The van der Waals surface area contributed by atoms with E-state index in [4.69, 9.17) is 4.42 Å². The Balaban J connectivity index is 0.00000288. The summed E-state index contributed by atoms with van der Waals surface area (Å²) < 4.78 is 6.87. The zero-order valence-electron chi connectivity index (χ0n) is 14.4. The van der Waals surface area contributed by atoms with Crippen LogP contribution in [0, 0.1) is 0 Å². The number of hydrogen-bond acceptors (Lipinski definition) is 4. The highest BCUT2D eigenvalue weighted by atomic mass is 127. The van der Waals surface area contributed by atoms with Gasteiger partial charge in [0.15, 0.2) is 5.96 Å². The predicted molar refractivity (Wildman–Crippen MR) is 114 cm³/mol. The van der Waals surface area contributed by atoms with Crippen LogP contribution in [0.1, 0.15) is 44.2 Å². The average molecular weight is 527 g/mol. The second-order valence-electron chi connectivity index (χ2n) is 6.15. The van der Waals surface area contributed by atoms with E-state index in [9.17, 15) is 0 Å². The van der Waals surface area contributed by atoms with Crippen LogP contribution in [0.4, 0.5) is 0 Å². The lowest BCUT2D eigenvalue weighted by atomic mass is 9.94. The summed E-state index contributed by atoms with van der Waals surface area (Å²) in [7, 11) is 0. The van der Waals surface area contributed by atoms with Gasteiger partial charge < -0.3 is 15.1 Å². The maximum Gasteiger partial charge on any atom is 0.216 e. The minimum atomic E-state index is -0.0374. The molecule has 0 bridgehead atoms. The first-order chi connectivity index (χ1) is 10.9. The van der Waals surface area contributed by atoms with Gasteiger partial charge in [-0.1, -0.05) is 20.8 Å². The van der Waals surface area contributed by atoms with Crippen molar-refractivity contribution in [3.8, 4) is 0 Å². The Hall–Kier alpha value is -0.610. The van der Waals surface area contributed by atoms with Gasteiger partial charge in [0, 0.05) is 26.7 Å². The Kier molecular flexibility index (Phi) is 8.72. The molecule has 134 valence electrons. The van der Waals surface area contributed by atoms with E-state index in [2.05, 4.69) is 68.8 Å². The Labute approximate surface area is 172 Å². The van der Waals surface area contributed by atoms with Crippen molar-refractivity contribution in [1.29, 1.82) is 0 Å². The van der Waals surface area contributed by atoms with Gasteiger partial charge in [0.05, 0.1) is 12.7 Å². The molecule has 0 aliphatic heterocycles. The molecule has 0 amide bonds. The van der Waals surface area contributed by atoms with Gasteiger partial charge in [-0.25, -0.2) is 9.98 Å². The summed E-state index contributed by atoms with van der Waals surface area (Å²) in [5.41, 5.74) is -0.0374. The fraction of sp³-hybridized carbons (Fsp3) is 0.500. The molecule has 0 aliphatic carbocycles.